The minimum Gasteiger partial charge on any atom is -0.465 e. The van der Waals surface area contributed by atoms with Crippen LogP contribution in [0.15, 0.2) is 84.9 Å². The second-order valence-electron chi connectivity index (χ2n) is 7.42. The van der Waals surface area contributed by atoms with Crippen molar-refractivity contribution in [2.24, 2.45) is 0 Å². The van der Waals surface area contributed by atoms with Crippen LogP contribution in [0.4, 0.5) is 13.2 Å². The Morgan fingerprint density at radius 1 is 0.879 bits per heavy atom. The van der Waals surface area contributed by atoms with Crippen LogP contribution < -0.4 is 0 Å². The number of esters is 1. The molecule has 0 heterocycles. The molecule has 1 unspecified atom stereocenters. The molecule has 0 aliphatic rings. The molecule has 0 bridgehead atoms. The zero-order chi connectivity index (χ0) is 23.8. The summed E-state index contributed by atoms with van der Waals surface area (Å²) in [7, 11) is 0. The molecule has 1 amide bonds. The molecule has 0 aliphatic carbocycles. The van der Waals surface area contributed by atoms with E-state index in [4.69, 9.17) is 4.74 Å². The molecule has 3 aromatic carbocycles. The Morgan fingerprint density at radius 2 is 1.45 bits per heavy atom. The molecule has 0 fully saturated rings. The maximum Gasteiger partial charge on any atom is 0.416 e. The first-order valence-electron chi connectivity index (χ1n) is 10.5. The van der Waals surface area contributed by atoms with Crippen LogP contribution in [0.5, 0.6) is 0 Å². The topological polar surface area (TPSA) is 46.6 Å². The predicted octanol–water partition coefficient (Wildman–Crippen LogP) is 5.69. The number of benzene rings is 3. The highest BCUT2D eigenvalue weighted by Crippen LogP contribution is 2.33. The molecule has 0 aromatic heterocycles. The third-order valence-corrected chi connectivity index (χ3v) is 5.17. The van der Waals surface area contributed by atoms with Crippen molar-refractivity contribution in [1.29, 1.82) is 0 Å². The van der Waals surface area contributed by atoms with Gasteiger partial charge in [-0.25, -0.2) is 0 Å². The van der Waals surface area contributed by atoms with E-state index in [1.54, 1.807) is 67.6 Å². The molecule has 0 aliphatic heterocycles. The Hall–Kier alpha value is -3.61. The summed E-state index contributed by atoms with van der Waals surface area (Å²) in [5, 5.41) is 0. The number of carbonyl (C=O) groups excluding carboxylic acids is 2. The lowest BCUT2D eigenvalue weighted by atomic mass is 9.97. The van der Waals surface area contributed by atoms with Gasteiger partial charge in [0.25, 0.3) is 5.91 Å². The van der Waals surface area contributed by atoms with Gasteiger partial charge in [0.05, 0.1) is 18.1 Å². The fourth-order valence-electron chi connectivity index (χ4n) is 3.59. The number of hydrogen-bond acceptors (Lipinski definition) is 3. The van der Waals surface area contributed by atoms with Gasteiger partial charge >= 0.3 is 12.1 Å². The van der Waals surface area contributed by atoms with Crippen LogP contribution in [0.2, 0.25) is 0 Å². The third-order valence-electron chi connectivity index (χ3n) is 5.17. The van der Waals surface area contributed by atoms with Gasteiger partial charge in [-0.05, 0) is 36.2 Å². The summed E-state index contributed by atoms with van der Waals surface area (Å²) in [6.45, 7) is 1.37. The molecule has 7 heteroatoms. The number of amides is 1. The van der Waals surface area contributed by atoms with E-state index in [9.17, 15) is 22.8 Å². The van der Waals surface area contributed by atoms with Gasteiger partial charge in [0.2, 0.25) is 0 Å². The first-order chi connectivity index (χ1) is 15.8. The van der Waals surface area contributed by atoms with E-state index in [0.717, 1.165) is 6.07 Å². The predicted molar refractivity (Wildman–Crippen MR) is 118 cm³/mol. The van der Waals surface area contributed by atoms with E-state index in [1.165, 1.54) is 23.1 Å². The summed E-state index contributed by atoms with van der Waals surface area (Å²) in [6.07, 6.45) is -4.57. The highest BCUT2D eigenvalue weighted by Gasteiger charge is 2.34. The van der Waals surface area contributed by atoms with Crippen LogP contribution in [0, 0.1) is 0 Å². The van der Waals surface area contributed by atoms with Gasteiger partial charge < -0.3 is 9.64 Å². The average molecular weight is 455 g/mol. The minimum absolute atomic E-state index is 0.0510. The second-order valence-corrected chi connectivity index (χ2v) is 7.42. The molecular formula is C26H24F3NO3. The van der Waals surface area contributed by atoms with E-state index < -0.39 is 29.5 Å². The maximum atomic E-state index is 13.6. The SMILES string of the molecule is CCOC(=O)C(CN(Cc1ccccc1C(F)(F)F)C(=O)c1ccccc1)c1ccccc1. The Labute approximate surface area is 190 Å². The zero-order valence-corrected chi connectivity index (χ0v) is 18.1. The van der Waals surface area contributed by atoms with Gasteiger partial charge in [0.1, 0.15) is 0 Å². The highest BCUT2D eigenvalue weighted by molar-refractivity contribution is 5.94. The molecule has 0 saturated carbocycles. The molecule has 0 N–H and O–H groups in total. The molecule has 4 nitrogen and oxygen atoms in total. The van der Waals surface area contributed by atoms with E-state index >= 15 is 0 Å². The summed E-state index contributed by atoms with van der Waals surface area (Å²) in [6, 6.07) is 22.2. The molecule has 3 aromatic rings. The summed E-state index contributed by atoms with van der Waals surface area (Å²) >= 11 is 0. The van der Waals surface area contributed by atoms with Crippen LogP contribution >= 0.6 is 0 Å². The number of rotatable bonds is 8. The van der Waals surface area contributed by atoms with Gasteiger partial charge in [-0.2, -0.15) is 13.2 Å². The van der Waals surface area contributed by atoms with Crippen molar-refractivity contribution < 1.29 is 27.5 Å². The number of alkyl halides is 3. The summed E-state index contributed by atoms with van der Waals surface area (Å²) in [5.41, 5.74) is 0.0665. The summed E-state index contributed by atoms with van der Waals surface area (Å²) < 4.78 is 46.0. The first-order valence-corrected chi connectivity index (χ1v) is 10.5. The highest BCUT2D eigenvalue weighted by atomic mass is 19.4. The van der Waals surface area contributed by atoms with Crippen LogP contribution in [0.25, 0.3) is 0 Å². The van der Waals surface area contributed by atoms with Gasteiger partial charge in [0, 0.05) is 18.7 Å². The van der Waals surface area contributed by atoms with Crippen molar-refractivity contribution in [3.8, 4) is 0 Å². The molecular weight excluding hydrogens is 431 g/mol. The fraction of sp³-hybridized carbons (Fsp3) is 0.231. The van der Waals surface area contributed by atoms with Crippen LogP contribution in [0.3, 0.4) is 0 Å². The van der Waals surface area contributed by atoms with Crippen molar-refractivity contribution in [1.82, 2.24) is 4.90 Å². The summed E-state index contributed by atoms with van der Waals surface area (Å²) in [5.74, 6) is -1.87. The monoisotopic (exact) mass is 455 g/mol. The van der Waals surface area contributed by atoms with E-state index in [2.05, 4.69) is 0 Å². The van der Waals surface area contributed by atoms with Crippen LogP contribution in [-0.2, 0) is 22.3 Å². The van der Waals surface area contributed by atoms with Gasteiger partial charge in [-0.1, -0.05) is 66.7 Å². The molecule has 0 saturated heterocycles. The van der Waals surface area contributed by atoms with Crippen molar-refractivity contribution in [2.75, 3.05) is 13.2 Å². The summed E-state index contributed by atoms with van der Waals surface area (Å²) in [4.78, 5) is 27.4. The Bertz CT molecular complexity index is 1070. The zero-order valence-electron chi connectivity index (χ0n) is 18.1. The van der Waals surface area contributed by atoms with E-state index in [0.29, 0.717) is 11.1 Å². The van der Waals surface area contributed by atoms with Gasteiger partial charge in [-0.3, -0.25) is 9.59 Å². The van der Waals surface area contributed by atoms with Crippen molar-refractivity contribution >= 4 is 11.9 Å². The molecule has 33 heavy (non-hydrogen) atoms. The van der Waals surface area contributed by atoms with E-state index in [1.807, 2.05) is 0 Å². The number of halogens is 3. The van der Waals surface area contributed by atoms with Crippen LogP contribution in [-0.4, -0.2) is 29.9 Å². The Balaban J connectivity index is 2.02. The fourth-order valence-corrected chi connectivity index (χ4v) is 3.59. The molecule has 172 valence electrons. The molecule has 1 atom stereocenters. The minimum atomic E-state index is -4.57. The first kappa shape index (κ1) is 24.0. The lowest BCUT2D eigenvalue weighted by molar-refractivity contribution is -0.145. The smallest absolute Gasteiger partial charge is 0.416 e. The largest absolute Gasteiger partial charge is 0.465 e. The van der Waals surface area contributed by atoms with Crippen molar-refractivity contribution in [2.45, 2.75) is 25.6 Å². The lowest BCUT2D eigenvalue weighted by Crippen LogP contribution is -2.37. The van der Waals surface area contributed by atoms with Gasteiger partial charge in [-0.15, -0.1) is 0 Å². The standard InChI is InChI=1S/C26H24F3NO3/c1-2-33-25(32)22(19-11-5-3-6-12-19)18-30(24(31)20-13-7-4-8-14-20)17-21-15-9-10-16-23(21)26(27,28)29/h3-16,22H,2,17-18H2,1H3. The Kier molecular flexibility index (Phi) is 7.87. The molecule has 0 spiro atoms. The second kappa shape index (κ2) is 10.8. The Morgan fingerprint density at radius 3 is 2.06 bits per heavy atom. The molecule has 3 rings (SSSR count). The van der Waals surface area contributed by atoms with Crippen LogP contribution in [0.1, 0.15) is 39.9 Å². The number of hydrogen-bond donors (Lipinski definition) is 0. The average Bonchev–Trinajstić information content (AvgIpc) is 2.82. The maximum absolute atomic E-state index is 13.6. The number of carbonyl (C=O) groups is 2. The van der Waals surface area contributed by atoms with E-state index in [-0.39, 0.29) is 25.3 Å². The quantitative estimate of drug-likeness (QED) is 0.410. The third kappa shape index (κ3) is 6.22. The normalized spacial score (nSPS) is 12.1. The number of ether oxygens (including phenoxy) is 1. The van der Waals surface area contributed by atoms with Crippen molar-refractivity contribution in [3.05, 3.63) is 107 Å². The number of nitrogens with zero attached hydrogens (tertiary/aromatic N) is 1. The van der Waals surface area contributed by atoms with Gasteiger partial charge in [0.15, 0.2) is 0 Å². The lowest BCUT2D eigenvalue weighted by Gasteiger charge is -2.28. The van der Waals surface area contributed by atoms with Crippen molar-refractivity contribution in [3.63, 3.8) is 0 Å². The molecule has 0 radical (unpaired) electrons.